The minimum absolute atomic E-state index is 0.132. The summed E-state index contributed by atoms with van der Waals surface area (Å²) >= 11 is 0. The smallest absolute Gasteiger partial charge is 0.379 e. The van der Waals surface area contributed by atoms with E-state index >= 15 is 0 Å². The molecule has 5 nitrogen and oxygen atoms in total. The highest BCUT2D eigenvalue weighted by Gasteiger charge is 2.57. The highest BCUT2D eigenvalue weighted by Crippen LogP contribution is 2.37. The number of hydrogen-bond acceptors (Lipinski definition) is 3. The van der Waals surface area contributed by atoms with Crippen molar-refractivity contribution < 1.29 is 27.9 Å². The molecule has 1 saturated heterocycles. The molecule has 24 heavy (non-hydrogen) atoms. The van der Waals surface area contributed by atoms with E-state index in [0.29, 0.717) is 5.56 Å². The van der Waals surface area contributed by atoms with Crippen molar-refractivity contribution in [3.05, 3.63) is 35.9 Å². The molecule has 2 amide bonds. The molecule has 132 valence electrons. The summed E-state index contributed by atoms with van der Waals surface area (Å²) in [6.07, 6.45) is -5.44. The average Bonchev–Trinajstić information content (AvgIpc) is 2.91. The summed E-state index contributed by atoms with van der Waals surface area (Å²) in [6.45, 7) is 0.674. The van der Waals surface area contributed by atoms with Crippen LogP contribution in [-0.2, 0) is 4.79 Å². The van der Waals surface area contributed by atoms with Crippen LogP contribution in [0.2, 0.25) is 0 Å². The Morgan fingerprint density at radius 2 is 1.96 bits per heavy atom. The van der Waals surface area contributed by atoms with E-state index in [9.17, 15) is 27.9 Å². The summed E-state index contributed by atoms with van der Waals surface area (Å²) in [4.78, 5) is 25.0. The molecule has 0 radical (unpaired) electrons. The minimum atomic E-state index is -4.77. The number of aliphatic hydroxyl groups is 1. The number of carbonyl (C=O) groups excluding carboxylic acids is 2. The number of amides is 2. The molecule has 1 aromatic carbocycles. The van der Waals surface area contributed by atoms with E-state index in [2.05, 4.69) is 5.32 Å². The lowest BCUT2D eigenvalue weighted by Crippen LogP contribution is -2.48. The standard InChI is InChI=1S/C16H19F3N2O3/c1-11(20-14(23)12-5-3-2-4-6-12)9-13(22)21-8-7-15(24,10-21)16(17,18)19/h2-6,11,24H,7-10H2,1H3,(H,20,23). The highest BCUT2D eigenvalue weighted by molar-refractivity contribution is 5.94. The van der Waals surface area contributed by atoms with Crippen LogP contribution in [0.5, 0.6) is 0 Å². The Labute approximate surface area is 137 Å². The number of halogens is 3. The normalized spacial score (nSPS) is 22.3. The van der Waals surface area contributed by atoms with E-state index in [1.165, 1.54) is 0 Å². The first-order valence-corrected chi connectivity index (χ1v) is 7.55. The van der Waals surface area contributed by atoms with Gasteiger partial charge in [0.05, 0.1) is 6.54 Å². The summed E-state index contributed by atoms with van der Waals surface area (Å²) in [5, 5.41) is 12.2. The molecule has 2 N–H and O–H groups in total. The van der Waals surface area contributed by atoms with E-state index in [0.717, 1.165) is 4.90 Å². The summed E-state index contributed by atoms with van der Waals surface area (Å²) < 4.78 is 38.3. The van der Waals surface area contributed by atoms with Gasteiger partial charge < -0.3 is 15.3 Å². The van der Waals surface area contributed by atoms with Gasteiger partial charge in [0.25, 0.3) is 5.91 Å². The van der Waals surface area contributed by atoms with Crippen molar-refractivity contribution in [2.75, 3.05) is 13.1 Å². The van der Waals surface area contributed by atoms with Crippen molar-refractivity contribution in [3.63, 3.8) is 0 Å². The van der Waals surface area contributed by atoms with Gasteiger partial charge in [-0.25, -0.2) is 0 Å². The van der Waals surface area contributed by atoms with Crippen LogP contribution >= 0.6 is 0 Å². The number of carbonyl (C=O) groups is 2. The van der Waals surface area contributed by atoms with Crippen molar-refractivity contribution in [1.29, 1.82) is 0 Å². The van der Waals surface area contributed by atoms with Crippen LogP contribution in [0, 0.1) is 0 Å². The molecular weight excluding hydrogens is 325 g/mol. The van der Waals surface area contributed by atoms with Crippen molar-refractivity contribution in [3.8, 4) is 0 Å². The molecule has 2 rings (SSSR count). The van der Waals surface area contributed by atoms with Gasteiger partial charge in [0, 0.05) is 31.0 Å². The fourth-order valence-electron chi connectivity index (χ4n) is 2.58. The Bertz CT molecular complexity index is 606. The quantitative estimate of drug-likeness (QED) is 0.874. The first kappa shape index (κ1) is 18.3. The number of nitrogens with zero attached hydrogens (tertiary/aromatic N) is 1. The molecule has 0 aliphatic carbocycles. The van der Waals surface area contributed by atoms with Gasteiger partial charge in [-0.1, -0.05) is 18.2 Å². The third kappa shape index (κ3) is 4.05. The molecule has 1 aliphatic heterocycles. The zero-order valence-corrected chi connectivity index (χ0v) is 13.1. The van der Waals surface area contributed by atoms with E-state index in [4.69, 9.17) is 0 Å². The topological polar surface area (TPSA) is 69.6 Å². The lowest BCUT2D eigenvalue weighted by Gasteiger charge is -2.26. The van der Waals surface area contributed by atoms with Gasteiger partial charge in [-0.2, -0.15) is 13.2 Å². The predicted octanol–water partition coefficient (Wildman–Crippen LogP) is 1.72. The maximum Gasteiger partial charge on any atom is 0.419 e. The number of rotatable bonds is 4. The van der Waals surface area contributed by atoms with E-state index in [-0.39, 0.29) is 18.9 Å². The largest absolute Gasteiger partial charge is 0.419 e. The summed E-state index contributed by atoms with van der Waals surface area (Å²) in [6, 6.07) is 7.87. The van der Waals surface area contributed by atoms with Crippen LogP contribution in [0.15, 0.2) is 30.3 Å². The Morgan fingerprint density at radius 3 is 2.50 bits per heavy atom. The number of nitrogens with one attached hydrogen (secondary N) is 1. The third-order valence-electron chi connectivity index (χ3n) is 4.02. The monoisotopic (exact) mass is 344 g/mol. The highest BCUT2D eigenvalue weighted by atomic mass is 19.4. The lowest BCUT2D eigenvalue weighted by molar-refractivity contribution is -0.253. The minimum Gasteiger partial charge on any atom is -0.379 e. The maximum absolute atomic E-state index is 12.8. The average molecular weight is 344 g/mol. The number of likely N-dealkylation sites (tertiary alicyclic amines) is 1. The summed E-state index contributed by atoms with van der Waals surface area (Å²) in [5.41, 5.74) is -2.41. The van der Waals surface area contributed by atoms with Gasteiger partial charge >= 0.3 is 6.18 Å². The van der Waals surface area contributed by atoms with E-state index in [1.54, 1.807) is 37.3 Å². The van der Waals surface area contributed by atoms with Gasteiger partial charge in [0.2, 0.25) is 5.91 Å². The van der Waals surface area contributed by atoms with Crippen molar-refractivity contribution >= 4 is 11.8 Å². The van der Waals surface area contributed by atoms with E-state index < -0.39 is 36.7 Å². The Hall–Kier alpha value is -2.09. The van der Waals surface area contributed by atoms with Gasteiger partial charge in [0.15, 0.2) is 5.60 Å². The predicted molar refractivity (Wildman–Crippen MR) is 80.2 cm³/mol. The maximum atomic E-state index is 12.8. The summed E-state index contributed by atoms with van der Waals surface area (Å²) in [5.74, 6) is -0.889. The number of benzene rings is 1. The molecule has 1 aromatic rings. The first-order valence-electron chi connectivity index (χ1n) is 7.55. The second kappa shape index (κ2) is 6.80. The van der Waals surface area contributed by atoms with Crippen LogP contribution in [0.1, 0.15) is 30.1 Å². The third-order valence-corrected chi connectivity index (χ3v) is 4.02. The fraction of sp³-hybridized carbons (Fsp3) is 0.500. The zero-order chi connectivity index (χ0) is 18.0. The number of β-amino-alcohol motifs (C(OH)–C–C–N with tert-alkyl or cyclic N) is 1. The molecular formula is C16H19F3N2O3. The van der Waals surface area contributed by atoms with E-state index in [1.807, 2.05) is 0 Å². The van der Waals surface area contributed by atoms with Gasteiger partial charge in [-0.15, -0.1) is 0 Å². The zero-order valence-electron chi connectivity index (χ0n) is 13.1. The molecule has 0 bridgehead atoms. The van der Waals surface area contributed by atoms with Crippen LogP contribution < -0.4 is 5.32 Å². The lowest BCUT2D eigenvalue weighted by atomic mass is 10.0. The fourth-order valence-corrected chi connectivity index (χ4v) is 2.58. The van der Waals surface area contributed by atoms with Crippen molar-refractivity contribution in [2.24, 2.45) is 0 Å². The molecule has 2 atom stereocenters. The summed E-state index contributed by atoms with van der Waals surface area (Å²) in [7, 11) is 0. The second-order valence-corrected chi connectivity index (χ2v) is 6.04. The molecule has 0 spiro atoms. The van der Waals surface area contributed by atoms with Crippen LogP contribution in [-0.4, -0.2) is 52.7 Å². The second-order valence-electron chi connectivity index (χ2n) is 6.04. The SMILES string of the molecule is CC(CC(=O)N1CCC(O)(C(F)(F)F)C1)NC(=O)c1ccccc1. The molecule has 2 unspecified atom stereocenters. The molecule has 0 saturated carbocycles. The Kier molecular flexibility index (Phi) is 5.17. The van der Waals surface area contributed by atoms with Gasteiger partial charge in [-0.3, -0.25) is 9.59 Å². The molecule has 8 heteroatoms. The number of hydrogen-bond donors (Lipinski definition) is 2. The van der Waals surface area contributed by atoms with Crippen LogP contribution in [0.25, 0.3) is 0 Å². The van der Waals surface area contributed by atoms with Crippen molar-refractivity contribution in [2.45, 2.75) is 37.6 Å². The first-order chi connectivity index (χ1) is 11.1. The molecule has 1 aliphatic rings. The molecule has 1 fully saturated rings. The molecule has 0 aromatic heterocycles. The van der Waals surface area contributed by atoms with Gasteiger partial charge in [-0.05, 0) is 19.1 Å². The van der Waals surface area contributed by atoms with Crippen LogP contribution in [0.4, 0.5) is 13.2 Å². The molecule has 1 heterocycles. The van der Waals surface area contributed by atoms with Crippen molar-refractivity contribution in [1.82, 2.24) is 10.2 Å². The Balaban J connectivity index is 1.88. The van der Waals surface area contributed by atoms with Gasteiger partial charge in [0.1, 0.15) is 0 Å². The van der Waals surface area contributed by atoms with Crippen LogP contribution in [0.3, 0.4) is 0 Å². The Morgan fingerprint density at radius 1 is 1.33 bits per heavy atom. The number of alkyl halides is 3.